The van der Waals surface area contributed by atoms with Gasteiger partial charge in [0.25, 0.3) is 0 Å². The van der Waals surface area contributed by atoms with Gasteiger partial charge in [-0.25, -0.2) is 4.79 Å². The third-order valence-corrected chi connectivity index (χ3v) is 5.22. The zero-order valence-electron chi connectivity index (χ0n) is 12.7. The average Bonchev–Trinajstić information content (AvgIpc) is 3.14. The van der Waals surface area contributed by atoms with Crippen molar-refractivity contribution in [1.29, 1.82) is 0 Å². The zero-order chi connectivity index (χ0) is 15.3. The van der Waals surface area contributed by atoms with Crippen molar-refractivity contribution in [2.45, 2.75) is 70.4 Å². The summed E-state index contributed by atoms with van der Waals surface area (Å²) in [5.74, 6) is 0.495. The maximum Gasteiger partial charge on any atom is 0.503 e. The molecule has 2 heterocycles. The van der Waals surface area contributed by atoms with Gasteiger partial charge in [0, 0.05) is 6.42 Å². The first-order chi connectivity index (χ1) is 9.79. The van der Waals surface area contributed by atoms with E-state index in [-0.39, 0.29) is 17.0 Å². The molecule has 0 aromatic carbocycles. The van der Waals surface area contributed by atoms with Crippen LogP contribution in [0.3, 0.4) is 0 Å². The highest BCUT2D eigenvalue weighted by molar-refractivity contribution is 5.53. The molecule has 3 fully saturated rings. The summed E-state index contributed by atoms with van der Waals surface area (Å²) in [6.45, 7) is 4.70. The molecule has 2 aliphatic carbocycles. The molecule has 0 radical (unpaired) electrons. The number of ether oxygens (including phenoxy) is 2. The molecule has 4 aliphatic rings. The van der Waals surface area contributed by atoms with Gasteiger partial charge < -0.3 is 19.7 Å². The monoisotopic (exact) mass is 296 g/mol. The molecular weight excluding hydrogens is 272 g/mol. The maximum absolute atomic E-state index is 8.56. The van der Waals surface area contributed by atoms with E-state index in [0.29, 0.717) is 0 Å². The first-order valence-electron chi connectivity index (χ1n) is 7.83. The molecule has 0 atom stereocenters. The van der Waals surface area contributed by atoms with Crippen molar-refractivity contribution >= 4 is 6.16 Å². The molecule has 2 saturated heterocycles. The largest absolute Gasteiger partial charge is 0.503 e. The molecule has 0 aromatic rings. The van der Waals surface area contributed by atoms with Crippen LogP contribution in [-0.2, 0) is 9.47 Å². The van der Waals surface area contributed by atoms with Crippen molar-refractivity contribution in [3.8, 4) is 0 Å². The van der Waals surface area contributed by atoms with Gasteiger partial charge in [0.05, 0.1) is 0 Å². The minimum Gasteiger partial charge on any atom is -0.450 e. The smallest absolute Gasteiger partial charge is 0.450 e. The van der Waals surface area contributed by atoms with Crippen molar-refractivity contribution in [3.05, 3.63) is 11.6 Å². The summed E-state index contributed by atoms with van der Waals surface area (Å²) in [6.07, 6.45) is 9.96. The van der Waals surface area contributed by atoms with E-state index in [0.717, 1.165) is 12.3 Å². The van der Waals surface area contributed by atoms with Gasteiger partial charge in [-0.2, -0.15) is 0 Å². The SMILES string of the molecule is CC1(C)CC23OC2(C=C1CC1CCCCC1)O3.O=C(O)O. The fourth-order valence-corrected chi connectivity index (χ4v) is 3.97. The quantitative estimate of drug-likeness (QED) is 0.594. The maximum atomic E-state index is 8.56. The number of carbonyl (C=O) groups is 1. The fourth-order valence-electron chi connectivity index (χ4n) is 3.97. The first kappa shape index (κ1) is 14.9. The number of hydrogen-bond donors (Lipinski definition) is 2. The second kappa shape index (κ2) is 4.71. The van der Waals surface area contributed by atoms with Gasteiger partial charge in [-0.05, 0) is 23.8 Å². The van der Waals surface area contributed by atoms with E-state index in [1.807, 2.05) is 0 Å². The summed E-state index contributed by atoms with van der Waals surface area (Å²) in [6, 6.07) is 0. The lowest BCUT2D eigenvalue weighted by Gasteiger charge is -2.32. The molecule has 1 saturated carbocycles. The molecule has 0 spiro atoms. The Kier molecular flexibility index (Phi) is 3.33. The van der Waals surface area contributed by atoms with Crippen molar-refractivity contribution in [1.82, 2.24) is 0 Å². The van der Waals surface area contributed by atoms with E-state index in [9.17, 15) is 0 Å². The summed E-state index contributed by atoms with van der Waals surface area (Å²) in [7, 11) is 0. The van der Waals surface area contributed by atoms with Crippen LogP contribution in [0, 0.1) is 11.3 Å². The Morgan fingerprint density at radius 1 is 1.24 bits per heavy atom. The Morgan fingerprint density at radius 3 is 2.38 bits per heavy atom. The Balaban J connectivity index is 0.000000298. The van der Waals surface area contributed by atoms with E-state index in [1.54, 1.807) is 5.57 Å². The van der Waals surface area contributed by atoms with Crippen LogP contribution >= 0.6 is 0 Å². The number of epoxide rings is 2. The van der Waals surface area contributed by atoms with E-state index < -0.39 is 6.16 Å². The third kappa shape index (κ3) is 2.69. The van der Waals surface area contributed by atoms with Gasteiger partial charge in [-0.15, -0.1) is 0 Å². The van der Waals surface area contributed by atoms with Gasteiger partial charge in [0.1, 0.15) is 0 Å². The van der Waals surface area contributed by atoms with Crippen LogP contribution in [0.4, 0.5) is 4.79 Å². The van der Waals surface area contributed by atoms with Crippen LogP contribution in [0.25, 0.3) is 0 Å². The number of hydrogen-bond acceptors (Lipinski definition) is 3. The van der Waals surface area contributed by atoms with Crippen molar-refractivity contribution < 1.29 is 24.5 Å². The molecule has 5 heteroatoms. The molecule has 2 aliphatic heterocycles. The third-order valence-electron chi connectivity index (χ3n) is 5.22. The highest BCUT2D eigenvalue weighted by Crippen LogP contribution is 2.75. The summed E-state index contributed by atoms with van der Waals surface area (Å²) in [5.41, 5.74) is 1.86. The molecule has 0 amide bonds. The highest BCUT2D eigenvalue weighted by Gasteiger charge is 2.91. The molecule has 21 heavy (non-hydrogen) atoms. The Bertz CT molecular complexity index is 463. The first-order valence-corrected chi connectivity index (χ1v) is 7.83. The molecule has 0 unspecified atom stereocenters. The van der Waals surface area contributed by atoms with E-state index in [1.165, 1.54) is 38.5 Å². The number of rotatable bonds is 2. The minimum absolute atomic E-state index is 0.174. The average molecular weight is 296 g/mol. The zero-order valence-corrected chi connectivity index (χ0v) is 12.7. The Morgan fingerprint density at radius 2 is 1.81 bits per heavy atom. The lowest BCUT2D eigenvalue weighted by atomic mass is 9.71. The van der Waals surface area contributed by atoms with Crippen molar-refractivity contribution in [3.63, 3.8) is 0 Å². The van der Waals surface area contributed by atoms with E-state index in [4.69, 9.17) is 24.5 Å². The van der Waals surface area contributed by atoms with Crippen LogP contribution in [0.2, 0.25) is 0 Å². The van der Waals surface area contributed by atoms with Crippen molar-refractivity contribution in [2.24, 2.45) is 11.3 Å². The minimum atomic E-state index is -1.83. The van der Waals surface area contributed by atoms with Crippen molar-refractivity contribution in [2.75, 3.05) is 0 Å². The van der Waals surface area contributed by atoms with E-state index in [2.05, 4.69) is 19.9 Å². The molecule has 4 rings (SSSR count). The second-order valence-electron chi connectivity index (χ2n) is 7.35. The van der Waals surface area contributed by atoms with Crippen LogP contribution in [0.5, 0.6) is 0 Å². The summed E-state index contributed by atoms with van der Waals surface area (Å²) >= 11 is 0. The summed E-state index contributed by atoms with van der Waals surface area (Å²) < 4.78 is 11.4. The normalized spacial score (nSPS) is 39.0. The lowest BCUT2D eigenvalue weighted by Crippen LogP contribution is -2.25. The Hall–Kier alpha value is -1.07. The van der Waals surface area contributed by atoms with Gasteiger partial charge in [-0.1, -0.05) is 51.5 Å². The van der Waals surface area contributed by atoms with Gasteiger partial charge in [0.2, 0.25) is 11.6 Å². The highest BCUT2D eigenvalue weighted by atomic mass is 17.0. The molecular formula is C16H24O5. The summed E-state index contributed by atoms with van der Waals surface area (Å²) in [5, 5.41) is 13.9. The molecule has 5 nitrogen and oxygen atoms in total. The fraction of sp³-hybridized carbons (Fsp3) is 0.812. The Labute approximate surface area is 124 Å². The predicted molar refractivity (Wildman–Crippen MR) is 76.0 cm³/mol. The summed E-state index contributed by atoms with van der Waals surface area (Å²) in [4.78, 5) is 8.56. The van der Waals surface area contributed by atoms with Gasteiger partial charge in [-0.3, -0.25) is 0 Å². The molecule has 0 aromatic heterocycles. The topological polar surface area (TPSA) is 82.6 Å². The van der Waals surface area contributed by atoms with Gasteiger partial charge in [0.15, 0.2) is 0 Å². The standard InChI is InChI=1S/C15H22O2.CH2O3/c1-13(2)10-15-14(16-15,17-15)9-12(13)8-11-6-4-3-5-7-11;2-1(3)4/h9,11H,3-8,10H2,1-2H3;(H2,2,3,4). The predicted octanol–water partition coefficient (Wildman–Crippen LogP) is 3.99. The lowest BCUT2D eigenvalue weighted by molar-refractivity contribution is -0.0842. The van der Waals surface area contributed by atoms with E-state index >= 15 is 0 Å². The molecule has 2 N–H and O–H groups in total. The number of allylic oxidation sites excluding steroid dienone is 1. The molecule has 0 bridgehead atoms. The second-order valence-corrected chi connectivity index (χ2v) is 7.35. The van der Waals surface area contributed by atoms with Crippen LogP contribution in [0.15, 0.2) is 11.6 Å². The number of carboxylic acid groups (broad SMARTS) is 2. The van der Waals surface area contributed by atoms with Gasteiger partial charge >= 0.3 is 6.16 Å². The van der Waals surface area contributed by atoms with Crippen LogP contribution in [0.1, 0.15) is 58.8 Å². The van der Waals surface area contributed by atoms with Crippen LogP contribution in [-0.4, -0.2) is 27.9 Å². The molecule has 118 valence electrons. The van der Waals surface area contributed by atoms with Crippen LogP contribution < -0.4 is 0 Å².